The first-order valence-corrected chi connectivity index (χ1v) is 7.58. The van der Waals surface area contributed by atoms with Crippen molar-refractivity contribution in [3.05, 3.63) is 84.0 Å². The topological polar surface area (TPSA) is 58.9 Å². The van der Waals surface area contributed by atoms with Crippen LogP contribution in [0.4, 0.5) is 4.39 Å². The number of fused-ring (bicyclic) bond motifs is 1. The second kappa shape index (κ2) is 5.77. The number of furan rings is 1. The van der Waals surface area contributed by atoms with Crippen LogP contribution in [0.5, 0.6) is 0 Å². The van der Waals surface area contributed by atoms with Gasteiger partial charge in [0, 0.05) is 11.6 Å². The molecule has 2 heterocycles. The van der Waals surface area contributed by atoms with E-state index in [0.717, 1.165) is 0 Å². The number of nitrogens with zero attached hydrogens (tertiary/aromatic N) is 2. The molecule has 120 valence electrons. The van der Waals surface area contributed by atoms with Crippen LogP contribution in [-0.2, 0) is 0 Å². The Morgan fingerprint density at radius 1 is 1.04 bits per heavy atom. The van der Waals surface area contributed by atoms with Crippen LogP contribution in [0.15, 0.2) is 71.3 Å². The SMILES string of the molecule is N#Cc1cn(C(=O)c2ccc(-c3ccccc3F)o2)c2ccccc12. The first kappa shape index (κ1) is 14.9. The Hall–Kier alpha value is -3.65. The summed E-state index contributed by atoms with van der Waals surface area (Å²) in [4.78, 5) is 12.8. The number of halogens is 1. The van der Waals surface area contributed by atoms with Crippen molar-refractivity contribution in [1.29, 1.82) is 5.26 Å². The number of carbonyl (C=O) groups is 1. The number of hydrogen-bond acceptors (Lipinski definition) is 3. The molecule has 4 aromatic rings. The standard InChI is InChI=1S/C20H11FN2O2/c21-16-7-3-1-6-15(16)18-9-10-19(25-18)20(24)23-12-13(11-22)14-5-2-4-8-17(14)23/h1-10,12H. The van der Waals surface area contributed by atoms with E-state index in [2.05, 4.69) is 6.07 Å². The van der Waals surface area contributed by atoms with Gasteiger partial charge in [-0.1, -0.05) is 30.3 Å². The van der Waals surface area contributed by atoms with Gasteiger partial charge in [0.25, 0.3) is 5.91 Å². The molecule has 5 heteroatoms. The monoisotopic (exact) mass is 330 g/mol. The molecule has 0 saturated carbocycles. The zero-order valence-corrected chi connectivity index (χ0v) is 12.9. The van der Waals surface area contributed by atoms with Crippen LogP contribution in [-0.4, -0.2) is 10.5 Å². The minimum Gasteiger partial charge on any atom is -0.451 e. The molecule has 0 amide bonds. The Labute approximate surface area is 142 Å². The molecule has 4 nitrogen and oxygen atoms in total. The Bertz CT molecular complexity index is 1150. The Balaban J connectivity index is 1.79. The van der Waals surface area contributed by atoms with Crippen molar-refractivity contribution in [2.75, 3.05) is 0 Å². The lowest BCUT2D eigenvalue weighted by atomic mass is 10.1. The van der Waals surface area contributed by atoms with Gasteiger partial charge >= 0.3 is 0 Å². The highest BCUT2D eigenvalue weighted by Gasteiger charge is 2.19. The molecule has 0 saturated heterocycles. The predicted octanol–water partition coefficient (Wildman–Crippen LogP) is 4.60. The summed E-state index contributed by atoms with van der Waals surface area (Å²) in [5.74, 6) is -0.490. The fourth-order valence-electron chi connectivity index (χ4n) is 2.81. The minimum atomic E-state index is -0.422. The molecular formula is C20H11FN2O2. The molecule has 4 rings (SSSR count). The van der Waals surface area contributed by atoms with Gasteiger partial charge in [0.1, 0.15) is 17.6 Å². The van der Waals surface area contributed by atoms with Crippen molar-refractivity contribution in [2.45, 2.75) is 0 Å². The van der Waals surface area contributed by atoms with E-state index in [9.17, 15) is 14.4 Å². The van der Waals surface area contributed by atoms with Crippen LogP contribution < -0.4 is 0 Å². The number of hydrogen-bond donors (Lipinski definition) is 0. The van der Waals surface area contributed by atoms with Crippen molar-refractivity contribution in [3.8, 4) is 17.4 Å². The summed E-state index contributed by atoms with van der Waals surface area (Å²) in [6.45, 7) is 0. The van der Waals surface area contributed by atoms with E-state index in [1.807, 2.05) is 0 Å². The summed E-state index contributed by atoms with van der Waals surface area (Å²) < 4.78 is 20.8. The molecule has 0 bridgehead atoms. The molecular weight excluding hydrogens is 319 g/mol. The van der Waals surface area contributed by atoms with Crippen molar-refractivity contribution in [3.63, 3.8) is 0 Å². The first-order chi connectivity index (χ1) is 12.2. The number of nitriles is 1. The van der Waals surface area contributed by atoms with Gasteiger partial charge in [-0.15, -0.1) is 0 Å². The number of para-hydroxylation sites is 1. The van der Waals surface area contributed by atoms with Gasteiger partial charge in [-0.05, 0) is 30.3 Å². The van der Waals surface area contributed by atoms with Crippen molar-refractivity contribution >= 4 is 16.8 Å². The van der Waals surface area contributed by atoms with Crippen LogP contribution >= 0.6 is 0 Å². The molecule has 0 aliphatic heterocycles. The van der Waals surface area contributed by atoms with Gasteiger partial charge in [-0.3, -0.25) is 9.36 Å². The predicted molar refractivity (Wildman–Crippen MR) is 90.5 cm³/mol. The summed E-state index contributed by atoms with van der Waals surface area (Å²) >= 11 is 0. The average molecular weight is 330 g/mol. The maximum atomic E-state index is 13.9. The van der Waals surface area contributed by atoms with Crippen LogP contribution in [0.2, 0.25) is 0 Å². The van der Waals surface area contributed by atoms with Gasteiger partial charge in [0.15, 0.2) is 5.76 Å². The first-order valence-electron chi connectivity index (χ1n) is 7.58. The molecule has 25 heavy (non-hydrogen) atoms. The van der Waals surface area contributed by atoms with Crippen molar-refractivity contribution < 1.29 is 13.6 Å². The highest BCUT2D eigenvalue weighted by molar-refractivity contribution is 6.02. The van der Waals surface area contributed by atoms with Crippen LogP contribution in [0.25, 0.3) is 22.2 Å². The number of benzene rings is 2. The van der Waals surface area contributed by atoms with Crippen LogP contribution in [0.3, 0.4) is 0 Å². The molecule has 0 aliphatic rings. The largest absolute Gasteiger partial charge is 0.451 e. The zero-order valence-electron chi connectivity index (χ0n) is 12.9. The minimum absolute atomic E-state index is 0.0727. The van der Waals surface area contributed by atoms with Gasteiger partial charge in [0.05, 0.1) is 16.6 Å². The third-order valence-electron chi connectivity index (χ3n) is 4.01. The number of aromatic nitrogens is 1. The third-order valence-corrected chi connectivity index (χ3v) is 4.01. The molecule has 0 radical (unpaired) electrons. The fourth-order valence-corrected chi connectivity index (χ4v) is 2.81. The lowest BCUT2D eigenvalue weighted by Crippen LogP contribution is -2.09. The van der Waals surface area contributed by atoms with Gasteiger partial charge < -0.3 is 4.42 Å². The molecule has 0 N–H and O–H groups in total. The molecule has 2 aromatic carbocycles. The molecule has 0 spiro atoms. The molecule has 0 fully saturated rings. The van der Waals surface area contributed by atoms with E-state index >= 15 is 0 Å². The van der Waals surface area contributed by atoms with E-state index < -0.39 is 11.7 Å². The van der Waals surface area contributed by atoms with Crippen LogP contribution in [0.1, 0.15) is 16.1 Å². The maximum absolute atomic E-state index is 13.9. The lowest BCUT2D eigenvalue weighted by Gasteiger charge is -2.02. The number of carbonyl (C=O) groups excluding carboxylic acids is 1. The summed E-state index contributed by atoms with van der Waals surface area (Å²) in [5, 5.41) is 9.94. The highest BCUT2D eigenvalue weighted by Crippen LogP contribution is 2.27. The summed E-state index contributed by atoms with van der Waals surface area (Å²) in [7, 11) is 0. The summed E-state index contributed by atoms with van der Waals surface area (Å²) in [6.07, 6.45) is 1.48. The van der Waals surface area contributed by atoms with E-state index in [1.165, 1.54) is 22.9 Å². The van der Waals surface area contributed by atoms with Crippen molar-refractivity contribution in [2.24, 2.45) is 0 Å². The highest BCUT2D eigenvalue weighted by atomic mass is 19.1. The average Bonchev–Trinajstić information content (AvgIpc) is 3.26. The van der Waals surface area contributed by atoms with E-state index in [1.54, 1.807) is 48.5 Å². The Morgan fingerprint density at radius 2 is 1.80 bits per heavy atom. The summed E-state index contributed by atoms with van der Waals surface area (Å²) in [6, 6.07) is 18.5. The van der Waals surface area contributed by atoms with Gasteiger partial charge in [-0.2, -0.15) is 5.26 Å². The molecule has 2 aromatic heterocycles. The van der Waals surface area contributed by atoms with Crippen molar-refractivity contribution in [1.82, 2.24) is 4.57 Å². The second-order valence-electron chi connectivity index (χ2n) is 5.49. The smallest absolute Gasteiger partial charge is 0.298 e. The second-order valence-corrected chi connectivity index (χ2v) is 5.49. The zero-order chi connectivity index (χ0) is 17.4. The van der Waals surface area contributed by atoms with Gasteiger partial charge in [0.2, 0.25) is 0 Å². The van der Waals surface area contributed by atoms with Crippen LogP contribution in [0, 0.1) is 17.1 Å². The summed E-state index contributed by atoms with van der Waals surface area (Å²) in [5.41, 5.74) is 1.31. The third kappa shape index (κ3) is 2.41. The lowest BCUT2D eigenvalue weighted by molar-refractivity contribution is 0.0938. The van der Waals surface area contributed by atoms with E-state index in [-0.39, 0.29) is 17.1 Å². The Morgan fingerprint density at radius 3 is 2.60 bits per heavy atom. The Kier molecular flexibility index (Phi) is 3.44. The molecule has 0 atom stereocenters. The van der Waals surface area contributed by atoms with Gasteiger partial charge in [-0.25, -0.2) is 4.39 Å². The van der Waals surface area contributed by atoms with E-state index in [4.69, 9.17) is 4.42 Å². The fraction of sp³-hybridized carbons (Fsp3) is 0. The molecule has 0 unspecified atom stereocenters. The number of rotatable bonds is 2. The molecule has 0 aliphatic carbocycles. The quantitative estimate of drug-likeness (QED) is 0.539. The normalized spacial score (nSPS) is 10.7. The van der Waals surface area contributed by atoms with E-state index in [0.29, 0.717) is 16.5 Å². The maximum Gasteiger partial charge on any atom is 0.298 e.